The highest BCUT2D eigenvalue weighted by Crippen LogP contribution is 2.40. The molecular weight excluding hydrogens is 228 g/mol. The normalized spacial score (nSPS) is 30.7. The van der Waals surface area contributed by atoms with Crippen molar-refractivity contribution in [1.82, 2.24) is 9.27 Å². The molecule has 0 amide bonds. The van der Waals surface area contributed by atoms with Gasteiger partial charge in [-0.3, -0.25) is 4.90 Å². The van der Waals surface area contributed by atoms with Crippen molar-refractivity contribution in [2.24, 2.45) is 0 Å². The first kappa shape index (κ1) is 9.82. The van der Waals surface area contributed by atoms with E-state index in [-0.39, 0.29) is 0 Å². The van der Waals surface area contributed by atoms with E-state index in [4.69, 9.17) is 11.6 Å². The average Bonchev–Trinajstić information content (AvgIpc) is 2.70. The molecule has 2 nitrogen and oxygen atoms in total. The molecule has 1 fully saturated rings. The molecule has 3 rings (SSSR count). The predicted molar refractivity (Wildman–Crippen MR) is 64.3 cm³/mol. The first-order valence-electron chi connectivity index (χ1n) is 5.29. The van der Waals surface area contributed by atoms with Crippen LogP contribution in [0.15, 0.2) is 12.3 Å². The number of nitrogens with zero attached hydrogens (tertiary/aromatic N) is 2. The Morgan fingerprint density at radius 1 is 1.53 bits per heavy atom. The van der Waals surface area contributed by atoms with Gasteiger partial charge in [0.05, 0.1) is 16.1 Å². The fraction of sp³-hybridized carbons (Fsp3) is 0.545. The minimum atomic E-state index is 0.622. The minimum absolute atomic E-state index is 0.622. The summed E-state index contributed by atoms with van der Waals surface area (Å²) in [5, 5.41) is 0.815. The van der Waals surface area contributed by atoms with Gasteiger partial charge in [-0.05, 0) is 43.4 Å². The smallest absolute Gasteiger partial charge is 0.0789 e. The maximum atomic E-state index is 6.12. The number of fused-ring (bicyclic) bond motifs is 2. The lowest BCUT2D eigenvalue weighted by Crippen LogP contribution is -2.34. The van der Waals surface area contributed by atoms with E-state index in [9.17, 15) is 0 Å². The van der Waals surface area contributed by atoms with E-state index in [1.54, 1.807) is 6.20 Å². The van der Waals surface area contributed by atoms with Crippen LogP contribution in [0.5, 0.6) is 0 Å². The maximum absolute atomic E-state index is 6.12. The average molecular weight is 241 g/mol. The Labute approximate surface area is 98.7 Å². The highest BCUT2D eigenvalue weighted by Gasteiger charge is 2.34. The van der Waals surface area contributed by atoms with E-state index in [1.165, 1.54) is 34.8 Å². The van der Waals surface area contributed by atoms with Crippen LogP contribution in [0.25, 0.3) is 5.57 Å². The van der Waals surface area contributed by atoms with Crippen LogP contribution >= 0.6 is 23.1 Å². The third-order valence-corrected chi connectivity index (χ3v) is 4.84. The van der Waals surface area contributed by atoms with Gasteiger partial charge >= 0.3 is 0 Å². The Balaban J connectivity index is 1.97. The highest BCUT2D eigenvalue weighted by molar-refractivity contribution is 7.07. The lowest BCUT2D eigenvalue weighted by molar-refractivity contribution is 0.264. The van der Waals surface area contributed by atoms with Crippen LogP contribution in [-0.2, 0) is 0 Å². The van der Waals surface area contributed by atoms with Crippen LogP contribution in [-0.4, -0.2) is 28.4 Å². The molecule has 2 atom stereocenters. The summed E-state index contributed by atoms with van der Waals surface area (Å²) in [6.07, 6.45) is 7.87. The molecule has 0 N–H and O–H groups in total. The lowest BCUT2D eigenvalue weighted by Gasteiger charge is -2.29. The molecule has 0 aromatic carbocycles. The molecule has 15 heavy (non-hydrogen) atoms. The van der Waals surface area contributed by atoms with Gasteiger partial charge in [-0.25, -0.2) is 0 Å². The fourth-order valence-electron chi connectivity index (χ4n) is 2.65. The molecule has 1 aromatic rings. The van der Waals surface area contributed by atoms with Crippen LogP contribution < -0.4 is 0 Å². The molecule has 1 aromatic heterocycles. The van der Waals surface area contributed by atoms with Crippen molar-refractivity contribution in [3.63, 3.8) is 0 Å². The molecule has 2 aliphatic heterocycles. The second-order valence-corrected chi connectivity index (χ2v) is 5.57. The summed E-state index contributed by atoms with van der Waals surface area (Å²) in [5.74, 6) is 0. The molecule has 3 heterocycles. The molecule has 0 radical (unpaired) electrons. The quantitative estimate of drug-likeness (QED) is 0.750. The van der Waals surface area contributed by atoms with Crippen molar-refractivity contribution in [2.45, 2.75) is 31.3 Å². The van der Waals surface area contributed by atoms with E-state index in [2.05, 4.69) is 22.4 Å². The number of likely N-dealkylation sites (N-methyl/N-ethyl adjacent to an activating group) is 1. The van der Waals surface area contributed by atoms with Crippen LogP contribution in [0, 0.1) is 0 Å². The van der Waals surface area contributed by atoms with Crippen molar-refractivity contribution in [3.05, 3.63) is 22.2 Å². The second kappa shape index (κ2) is 3.58. The zero-order chi connectivity index (χ0) is 10.4. The second-order valence-electron chi connectivity index (χ2n) is 4.36. The monoisotopic (exact) mass is 240 g/mol. The van der Waals surface area contributed by atoms with E-state index < -0.39 is 0 Å². The fourth-order valence-corrected chi connectivity index (χ4v) is 3.65. The molecule has 1 saturated heterocycles. The molecule has 0 aliphatic carbocycles. The van der Waals surface area contributed by atoms with Crippen molar-refractivity contribution >= 4 is 28.7 Å². The van der Waals surface area contributed by atoms with Gasteiger partial charge in [0.2, 0.25) is 0 Å². The van der Waals surface area contributed by atoms with Gasteiger partial charge < -0.3 is 0 Å². The highest BCUT2D eigenvalue weighted by atomic mass is 35.5. The summed E-state index contributed by atoms with van der Waals surface area (Å²) in [5.41, 5.74) is 1.41. The van der Waals surface area contributed by atoms with Gasteiger partial charge in [0.25, 0.3) is 0 Å². The Morgan fingerprint density at radius 2 is 2.40 bits per heavy atom. The Hall–Kier alpha value is -0.380. The summed E-state index contributed by atoms with van der Waals surface area (Å²) in [6.45, 7) is 0. The third-order valence-electron chi connectivity index (χ3n) is 3.56. The topological polar surface area (TPSA) is 16.1 Å². The molecule has 0 spiro atoms. The third kappa shape index (κ3) is 1.53. The number of rotatable bonds is 1. The molecule has 80 valence electrons. The predicted octanol–water partition coefficient (Wildman–Crippen LogP) is 3.05. The minimum Gasteiger partial charge on any atom is -0.297 e. The summed E-state index contributed by atoms with van der Waals surface area (Å²) >= 11 is 7.64. The number of hydrogen-bond donors (Lipinski definition) is 0. The van der Waals surface area contributed by atoms with E-state index >= 15 is 0 Å². The van der Waals surface area contributed by atoms with Gasteiger partial charge in [-0.2, -0.15) is 4.37 Å². The van der Waals surface area contributed by atoms with Crippen molar-refractivity contribution < 1.29 is 0 Å². The van der Waals surface area contributed by atoms with Gasteiger partial charge in [-0.1, -0.05) is 17.7 Å². The summed E-state index contributed by atoms with van der Waals surface area (Å²) < 4.78 is 4.14. The lowest BCUT2D eigenvalue weighted by atomic mass is 10.0. The number of hydrogen-bond acceptors (Lipinski definition) is 3. The summed E-state index contributed by atoms with van der Waals surface area (Å²) in [4.78, 5) is 3.67. The van der Waals surface area contributed by atoms with Crippen LogP contribution in [0.4, 0.5) is 0 Å². The maximum Gasteiger partial charge on any atom is 0.0789 e. The molecule has 2 unspecified atom stereocenters. The van der Waals surface area contributed by atoms with Crippen LogP contribution in [0.1, 0.15) is 24.1 Å². The first-order chi connectivity index (χ1) is 7.25. The van der Waals surface area contributed by atoms with E-state index in [0.29, 0.717) is 12.1 Å². The van der Waals surface area contributed by atoms with Gasteiger partial charge in [-0.15, -0.1) is 0 Å². The van der Waals surface area contributed by atoms with Crippen molar-refractivity contribution in [1.29, 1.82) is 0 Å². The SMILES string of the molecule is CN1C2C=C(c3sncc3Cl)CC1CC2. The van der Waals surface area contributed by atoms with Gasteiger partial charge in [0, 0.05) is 12.1 Å². The zero-order valence-corrected chi connectivity index (χ0v) is 10.2. The van der Waals surface area contributed by atoms with Gasteiger partial charge in [0.1, 0.15) is 0 Å². The zero-order valence-electron chi connectivity index (χ0n) is 8.61. The molecule has 0 saturated carbocycles. The Kier molecular flexibility index (Phi) is 2.34. The molecule has 4 heteroatoms. The Bertz CT molecular complexity index is 412. The summed E-state index contributed by atoms with van der Waals surface area (Å²) in [6, 6.07) is 1.34. The number of halogens is 1. The number of aromatic nitrogens is 1. The summed E-state index contributed by atoms with van der Waals surface area (Å²) in [7, 11) is 2.23. The standard InChI is InChI=1S/C11H13ClN2S/c1-14-8-2-3-9(14)5-7(4-8)11-10(12)6-13-15-11/h4,6,8-9H,2-3,5H2,1H3. The molecular formula is C11H13ClN2S. The van der Waals surface area contributed by atoms with E-state index in [1.807, 2.05) is 0 Å². The van der Waals surface area contributed by atoms with Crippen LogP contribution in [0.3, 0.4) is 0 Å². The molecule has 2 bridgehead atoms. The van der Waals surface area contributed by atoms with Crippen molar-refractivity contribution in [2.75, 3.05) is 7.05 Å². The van der Waals surface area contributed by atoms with Crippen LogP contribution in [0.2, 0.25) is 5.02 Å². The van der Waals surface area contributed by atoms with Gasteiger partial charge in [0.15, 0.2) is 0 Å². The van der Waals surface area contributed by atoms with Crippen molar-refractivity contribution in [3.8, 4) is 0 Å². The molecule has 2 aliphatic rings. The van der Waals surface area contributed by atoms with E-state index in [0.717, 1.165) is 11.4 Å². The first-order valence-corrected chi connectivity index (χ1v) is 6.44. The Morgan fingerprint density at radius 3 is 3.07 bits per heavy atom. The largest absolute Gasteiger partial charge is 0.297 e.